The van der Waals surface area contributed by atoms with Crippen molar-refractivity contribution in [2.24, 2.45) is 0 Å². The monoisotopic (exact) mass is 358 g/mol. The van der Waals surface area contributed by atoms with Gasteiger partial charge in [-0.2, -0.15) is 0 Å². The van der Waals surface area contributed by atoms with Crippen LogP contribution < -0.4 is 19.5 Å². The Balaban J connectivity index is 1.81. The first-order valence-electron chi connectivity index (χ1n) is 8.37. The molecule has 1 aromatic heterocycles. The van der Waals surface area contributed by atoms with Crippen LogP contribution >= 0.6 is 0 Å². The molecule has 7 nitrogen and oxygen atoms in total. The van der Waals surface area contributed by atoms with Gasteiger partial charge in [0.05, 0.1) is 18.4 Å². The van der Waals surface area contributed by atoms with Crippen molar-refractivity contribution in [2.45, 2.75) is 27.3 Å². The topological polar surface area (TPSA) is 89.7 Å². The predicted octanol–water partition coefficient (Wildman–Crippen LogP) is 2.54. The Labute approximate surface area is 151 Å². The average Bonchev–Trinajstić information content (AvgIpc) is 2.93. The van der Waals surface area contributed by atoms with Crippen molar-refractivity contribution in [3.8, 4) is 17.2 Å². The summed E-state index contributed by atoms with van der Waals surface area (Å²) in [6, 6.07) is 3.57. The molecule has 0 bridgehead atoms. The molecular formula is C19H22N2O5. The van der Waals surface area contributed by atoms with E-state index in [1.165, 1.54) is 6.92 Å². The maximum Gasteiger partial charge on any atom is 0.253 e. The summed E-state index contributed by atoms with van der Waals surface area (Å²) in [5, 5.41) is 2.88. The number of Topliss-reactive ketones (excluding diaryl/α,β-unsaturated/α-hetero) is 1. The number of H-pyrrole nitrogens is 1. The van der Waals surface area contributed by atoms with Crippen LogP contribution in [0.15, 0.2) is 12.1 Å². The lowest BCUT2D eigenvalue weighted by Gasteiger charge is -2.21. The highest BCUT2D eigenvalue weighted by molar-refractivity contribution is 6.02. The van der Waals surface area contributed by atoms with Gasteiger partial charge < -0.3 is 24.5 Å². The molecule has 0 saturated heterocycles. The summed E-state index contributed by atoms with van der Waals surface area (Å²) < 4.78 is 16.5. The number of aromatic amines is 1. The largest absolute Gasteiger partial charge is 0.496 e. The van der Waals surface area contributed by atoms with Crippen LogP contribution in [-0.4, -0.2) is 37.0 Å². The SMILES string of the molecule is COc1cc2c(cc1CNC(=O)c1c(C)[nH]c(C(C)=O)c1C)OCCO2. The second kappa shape index (κ2) is 7.11. The summed E-state index contributed by atoms with van der Waals surface area (Å²) in [5.74, 6) is 1.53. The highest BCUT2D eigenvalue weighted by atomic mass is 16.6. The molecule has 2 heterocycles. The molecule has 2 aromatic rings. The van der Waals surface area contributed by atoms with Gasteiger partial charge >= 0.3 is 0 Å². The molecular weight excluding hydrogens is 336 g/mol. The Morgan fingerprint density at radius 2 is 1.85 bits per heavy atom. The fraction of sp³-hybridized carbons (Fsp3) is 0.368. The van der Waals surface area contributed by atoms with Crippen molar-refractivity contribution in [3.63, 3.8) is 0 Å². The van der Waals surface area contributed by atoms with Crippen molar-refractivity contribution < 1.29 is 23.8 Å². The van der Waals surface area contributed by atoms with E-state index in [2.05, 4.69) is 10.3 Å². The van der Waals surface area contributed by atoms with Crippen LogP contribution in [-0.2, 0) is 6.54 Å². The number of rotatable bonds is 5. The maximum absolute atomic E-state index is 12.6. The Morgan fingerprint density at radius 1 is 1.19 bits per heavy atom. The van der Waals surface area contributed by atoms with Crippen molar-refractivity contribution >= 4 is 11.7 Å². The van der Waals surface area contributed by atoms with E-state index in [0.29, 0.717) is 53.0 Å². The molecule has 0 saturated carbocycles. The molecule has 0 atom stereocenters. The van der Waals surface area contributed by atoms with E-state index in [4.69, 9.17) is 14.2 Å². The number of benzene rings is 1. The zero-order chi connectivity index (χ0) is 18.8. The number of aryl methyl sites for hydroxylation is 1. The van der Waals surface area contributed by atoms with E-state index >= 15 is 0 Å². The molecule has 1 aliphatic heterocycles. The zero-order valence-corrected chi connectivity index (χ0v) is 15.3. The molecule has 1 amide bonds. The third-order valence-electron chi connectivity index (χ3n) is 4.40. The van der Waals surface area contributed by atoms with Crippen molar-refractivity contribution in [3.05, 3.63) is 40.2 Å². The molecule has 1 aliphatic rings. The number of fused-ring (bicyclic) bond motifs is 1. The first-order valence-corrected chi connectivity index (χ1v) is 8.37. The lowest BCUT2D eigenvalue weighted by atomic mass is 10.1. The zero-order valence-electron chi connectivity index (χ0n) is 15.3. The van der Waals surface area contributed by atoms with Gasteiger partial charge in [0.25, 0.3) is 5.91 Å². The maximum atomic E-state index is 12.6. The van der Waals surface area contributed by atoms with Gasteiger partial charge in [0.15, 0.2) is 17.3 Å². The summed E-state index contributed by atoms with van der Waals surface area (Å²) in [6.07, 6.45) is 0. The van der Waals surface area contributed by atoms with Crippen molar-refractivity contribution in [1.29, 1.82) is 0 Å². The summed E-state index contributed by atoms with van der Waals surface area (Å²) in [4.78, 5) is 27.3. The van der Waals surface area contributed by atoms with Gasteiger partial charge in [0.1, 0.15) is 19.0 Å². The highest BCUT2D eigenvalue weighted by Gasteiger charge is 2.21. The van der Waals surface area contributed by atoms with Crippen LogP contribution in [0.1, 0.15) is 44.6 Å². The van der Waals surface area contributed by atoms with E-state index in [1.807, 2.05) is 6.07 Å². The summed E-state index contributed by atoms with van der Waals surface area (Å²) in [5.41, 5.74) is 3.06. The third-order valence-corrected chi connectivity index (χ3v) is 4.40. The van der Waals surface area contributed by atoms with Gasteiger partial charge in [-0.15, -0.1) is 0 Å². The lowest BCUT2D eigenvalue weighted by molar-refractivity contribution is 0.0949. The Bertz CT molecular complexity index is 869. The number of aromatic nitrogens is 1. The van der Waals surface area contributed by atoms with Gasteiger partial charge in [0, 0.05) is 30.8 Å². The van der Waals surface area contributed by atoms with E-state index in [-0.39, 0.29) is 18.2 Å². The smallest absolute Gasteiger partial charge is 0.253 e. The molecule has 0 radical (unpaired) electrons. The first kappa shape index (κ1) is 17.8. The molecule has 26 heavy (non-hydrogen) atoms. The first-order chi connectivity index (χ1) is 12.4. The number of methoxy groups -OCH3 is 1. The molecule has 0 aliphatic carbocycles. The number of ether oxygens (including phenoxy) is 3. The standard InChI is InChI=1S/C19H22N2O5/c1-10-17(11(2)21-18(10)12(3)22)19(23)20-9-13-7-15-16(8-14(13)24-4)26-6-5-25-15/h7-8,21H,5-6,9H2,1-4H3,(H,20,23). The molecule has 3 rings (SSSR count). The van der Waals surface area contributed by atoms with Crippen LogP contribution in [0, 0.1) is 13.8 Å². The van der Waals surface area contributed by atoms with Crippen LogP contribution in [0.3, 0.4) is 0 Å². The number of ketones is 1. The van der Waals surface area contributed by atoms with Gasteiger partial charge in [0.2, 0.25) is 0 Å². The fourth-order valence-electron chi connectivity index (χ4n) is 3.15. The number of hydrogen-bond acceptors (Lipinski definition) is 5. The third kappa shape index (κ3) is 3.24. The molecule has 0 fully saturated rings. The molecule has 138 valence electrons. The lowest BCUT2D eigenvalue weighted by Crippen LogP contribution is -2.24. The van der Waals surface area contributed by atoms with Crippen LogP contribution in [0.2, 0.25) is 0 Å². The van der Waals surface area contributed by atoms with E-state index in [0.717, 1.165) is 5.56 Å². The van der Waals surface area contributed by atoms with Crippen LogP contribution in [0.25, 0.3) is 0 Å². The summed E-state index contributed by atoms with van der Waals surface area (Å²) >= 11 is 0. The minimum Gasteiger partial charge on any atom is -0.496 e. The highest BCUT2D eigenvalue weighted by Crippen LogP contribution is 2.36. The summed E-state index contributed by atoms with van der Waals surface area (Å²) in [6.45, 7) is 6.26. The van der Waals surface area contributed by atoms with E-state index in [1.54, 1.807) is 27.0 Å². The van der Waals surface area contributed by atoms with E-state index < -0.39 is 0 Å². The minimum atomic E-state index is -0.249. The van der Waals surface area contributed by atoms with Gasteiger partial charge in [-0.05, 0) is 25.5 Å². The summed E-state index contributed by atoms with van der Waals surface area (Å²) in [7, 11) is 1.57. The molecule has 1 aromatic carbocycles. The number of hydrogen-bond donors (Lipinski definition) is 2. The van der Waals surface area contributed by atoms with Gasteiger partial charge in [-0.1, -0.05) is 0 Å². The Morgan fingerprint density at radius 3 is 2.42 bits per heavy atom. The number of amides is 1. The second-order valence-corrected chi connectivity index (χ2v) is 6.17. The second-order valence-electron chi connectivity index (χ2n) is 6.17. The molecule has 0 unspecified atom stereocenters. The van der Waals surface area contributed by atoms with Crippen molar-refractivity contribution in [2.75, 3.05) is 20.3 Å². The molecule has 7 heteroatoms. The molecule has 2 N–H and O–H groups in total. The predicted molar refractivity (Wildman–Crippen MR) is 95.4 cm³/mol. The van der Waals surface area contributed by atoms with Crippen LogP contribution in [0.4, 0.5) is 0 Å². The molecule has 0 spiro atoms. The number of nitrogens with one attached hydrogen (secondary N) is 2. The number of carbonyl (C=O) groups is 2. The Kier molecular flexibility index (Phi) is 4.88. The van der Waals surface area contributed by atoms with Gasteiger partial charge in [-0.3, -0.25) is 9.59 Å². The van der Waals surface area contributed by atoms with Gasteiger partial charge in [-0.25, -0.2) is 0 Å². The fourth-order valence-corrected chi connectivity index (χ4v) is 3.15. The number of carbonyl (C=O) groups excluding carboxylic acids is 2. The van der Waals surface area contributed by atoms with Crippen molar-refractivity contribution in [1.82, 2.24) is 10.3 Å². The Hall–Kier alpha value is -2.96. The quantitative estimate of drug-likeness (QED) is 0.802. The minimum absolute atomic E-state index is 0.0989. The average molecular weight is 358 g/mol. The van der Waals surface area contributed by atoms with Crippen LogP contribution in [0.5, 0.6) is 17.2 Å². The normalized spacial score (nSPS) is 12.6. The van der Waals surface area contributed by atoms with E-state index in [9.17, 15) is 9.59 Å².